The fourth-order valence-electron chi connectivity index (χ4n) is 3.70. The summed E-state index contributed by atoms with van der Waals surface area (Å²) in [5.41, 5.74) is -0.810. The highest BCUT2D eigenvalue weighted by Gasteiger charge is 2.62. The van der Waals surface area contributed by atoms with Gasteiger partial charge >= 0.3 is 5.97 Å². The molecule has 7 nitrogen and oxygen atoms in total. The third-order valence-electron chi connectivity index (χ3n) is 5.18. The summed E-state index contributed by atoms with van der Waals surface area (Å²) in [5, 5.41) is 19.5. The number of hydrogen-bond donors (Lipinski definition) is 2. The molecule has 0 saturated carbocycles. The maximum absolute atomic E-state index is 13.9. The van der Waals surface area contributed by atoms with E-state index in [9.17, 15) is 19.4 Å². The van der Waals surface area contributed by atoms with Crippen molar-refractivity contribution in [3.8, 4) is 0 Å². The fraction of sp³-hybridized carbons (Fsp3) is 0.381. The molecule has 154 valence electrons. The molecule has 2 aliphatic heterocycles. The van der Waals surface area contributed by atoms with Gasteiger partial charge < -0.3 is 29.2 Å². The number of aliphatic hydroxyl groups is 2. The molecule has 2 saturated heterocycles. The summed E-state index contributed by atoms with van der Waals surface area (Å²) in [4.78, 5) is 12.5. The second-order valence-corrected chi connectivity index (χ2v) is 6.97. The first-order valence-electron chi connectivity index (χ1n) is 9.29. The molecule has 0 amide bonds. The zero-order valence-electron chi connectivity index (χ0n) is 15.4. The van der Waals surface area contributed by atoms with Crippen LogP contribution in [-0.4, -0.2) is 53.5 Å². The van der Waals surface area contributed by atoms with Gasteiger partial charge in [0, 0.05) is 18.6 Å². The number of esters is 1. The lowest BCUT2D eigenvalue weighted by atomic mass is 9.93. The van der Waals surface area contributed by atoms with Crippen molar-refractivity contribution in [1.82, 2.24) is 0 Å². The first-order chi connectivity index (χ1) is 14.1. The molecule has 2 heterocycles. The number of aliphatic hydroxyl groups excluding tert-OH is 2. The van der Waals surface area contributed by atoms with Crippen LogP contribution in [-0.2, 0) is 18.9 Å². The molecular formula is C21H21FO7. The second kappa shape index (κ2) is 8.17. The van der Waals surface area contributed by atoms with Gasteiger partial charge in [-0.15, -0.1) is 0 Å². The van der Waals surface area contributed by atoms with Crippen LogP contribution in [0.3, 0.4) is 0 Å². The maximum Gasteiger partial charge on any atom is 0.343 e. The minimum absolute atomic E-state index is 0.0449. The molecule has 0 bridgehead atoms. The average Bonchev–Trinajstić information content (AvgIpc) is 3.29. The molecule has 29 heavy (non-hydrogen) atoms. The molecule has 2 aliphatic rings. The van der Waals surface area contributed by atoms with Crippen LogP contribution in [0.15, 0.2) is 54.6 Å². The predicted molar refractivity (Wildman–Crippen MR) is 97.1 cm³/mol. The topological polar surface area (TPSA) is 94.5 Å². The van der Waals surface area contributed by atoms with Crippen molar-refractivity contribution < 1.29 is 38.3 Å². The first-order valence-corrected chi connectivity index (χ1v) is 9.29. The van der Waals surface area contributed by atoms with Crippen LogP contribution in [0, 0.1) is 5.82 Å². The Bertz CT molecular complexity index is 861. The standard InChI is InChI=1S/C21H21FO7/c22-15-9-5-4-8-14(15)18(25)28-20-16-17(21(12-24,29-20)10-11-23)27-19(26-16)13-6-2-1-3-7-13/h1-9,16-17,19-20,23-24H,10-12H2/t16-,17+,19+,20+,21+/m1/s1. The van der Waals surface area contributed by atoms with Crippen molar-refractivity contribution in [3.63, 3.8) is 0 Å². The fourth-order valence-corrected chi connectivity index (χ4v) is 3.70. The van der Waals surface area contributed by atoms with Gasteiger partial charge in [-0.1, -0.05) is 42.5 Å². The van der Waals surface area contributed by atoms with Crippen LogP contribution < -0.4 is 0 Å². The lowest BCUT2D eigenvalue weighted by Gasteiger charge is -2.30. The van der Waals surface area contributed by atoms with Gasteiger partial charge in [0.05, 0.1) is 12.2 Å². The monoisotopic (exact) mass is 404 g/mol. The Balaban J connectivity index is 1.59. The highest BCUT2D eigenvalue weighted by molar-refractivity contribution is 5.89. The second-order valence-electron chi connectivity index (χ2n) is 6.97. The summed E-state index contributed by atoms with van der Waals surface area (Å²) < 4.78 is 37.0. The Kier molecular flexibility index (Phi) is 5.62. The highest BCUT2D eigenvalue weighted by Crippen LogP contribution is 2.46. The Morgan fingerprint density at radius 2 is 1.79 bits per heavy atom. The van der Waals surface area contributed by atoms with E-state index in [0.29, 0.717) is 0 Å². The quantitative estimate of drug-likeness (QED) is 0.711. The lowest BCUT2D eigenvalue weighted by molar-refractivity contribution is -0.228. The molecule has 2 fully saturated rings. The predicted octanol–water partition coefficient (Wildman–Crippen LogP) is 1.94. The Hall–Kier alpha value is -2.36. The molecule has 2 aromatic carbocycles. The Morgan fingerprint density at radius 1 is 1.07 bits per heavy atom. The van der Waals surface area contributed by atoms with E-state index >= 15 is 0 Å². The van der Waals surface area contributed by atoms with Gasteiger partial charge in [0.25, 0.3) is 0 Å². The molecule has 0 aliphatic carbocycles. The summed E-state index contributed by atoms with van der Waals surface area (Å²) in [6.07, 6.45) is -3.59. The number of halogens is 1. The molecule has 0 aromatic heterocycles. The molecular weight excluding hydrogens is 383 g/mol. The van der Waals surface area contributed by atoms with Crippen molar-refractivity contribution in [2.45, 2.75) is 36.8 Å². The summed E-state index contributed by atoms with van der Waals surface area (Å²) in [5.74, 6) is -1.64. The lowest BCUT2D eigenvalue weighted by Crippen LogP contribution is -2.46. The number of benzene rings is 2. The molecule has 4 rings (SSSR count). The van der Waals surface area contributed by atoms with Crippen molar-refractivity contribution in [2.75, 3.05) is 13.2 Å². The van der Waals surface area contributed by atoms with Crippen LogP contribution in [0.25, 0.3) is 0 Å². The minimum Gasteiger partial charge on any atom is -0.429 e. The van der Waals surface area contributed by atoms with E-state index in [2.05, 4.69) is 0 Å². The van der Waals surface area contributed by atoms with Crippen molar-refractivity contribution in [2.24, 2.45) is 0 Å². The largest absolute Gasteiger partial charge is 0.429 e. The first kappa shape index (κ1) is 19.9. The summed E-state index contributed by atoms with van der Waals surface area (Å²) in [7, 11) is 0. The van der Waals surface area contributed by atoms with E-state index < -0.39 is 48.8 Å². The van der Waals surface area contributed by atoms with E-state index in [1.807, 2.05) is 30.3 Å². The van der Waals surface area contributed by atoms with Gasteiger partial charge in [-0.2, -0.15) is 0 Å². The normalized spacial score (nSPS) is 30.9. The average molecular weight is 404 g/mol. The van der Waals surface area contributed by atoms with Gasteiger partial charge in [-0.05, 0) is 12.1 Å². The van der Waals surface area contributed by atoms with Gasteiger partial charge in [0.1, 0.15) is 17.5 Å². The number of hydrogen-bond acceptors (Lipinski definition) is 7. The van der Waals surface area contributed by atoms with Gasteiger partial charge in [0.2, 0.25) is 6.29 Å². The number of fused-ring (bicyclic) bond motifs is 1. The molecule has 8 heteroatoms. The van der Waals surface area contributed by atoms with Crippen LogP contribution >= 0.6 is 0 Å². The molecule has 2 N–H and O–H groups in total. The van der Waals surface area contributed by atoms with Crippen LogP contribution in [0.1, 0.15) is 28.6 Å². The van der Waals surface area contributed by atoms with Gasteiger partial charge in [0.15, 0.2) is 12.4 Å². The van der Waals surface area contributed by atoms with Gasteiger partial charge in [-0.3, -0.25) is 0 Å². The summed E-state index contributed by atoms with van der Waals surface area (Å²) >= 11 is 0. The van der Waals surface area contributed by atoms with Crippen LogP contribution in [0.2, 0.25) is 0 Å². The molecule has 0 unspecified atom stereocenters. The van der Waals surface area contributed by atoms with E-state index in [1.54, 1.807) is 0 Å². The van der Waals surface area contributed by atoms with E-state index in [0.717, 1.165) is 11.6 Å². The Morgan fingerprint density at radius 3 is 2.48 bits per heavy atom. The third kappa shape index (κ3) is 3.65. The summed E-state index contributed by atoms with van der Waals surface area (Å²) in [6, 6.07) is 14.6. The number of carbonyl (C=O) groups excluding carboxylic acids is 1. The van der Waals surface area contributed by atoms with E-state index in [1.165, 1.54) is 18.2 Å². The number of carbonyl (C=O) groups is 1. The van der Waals surface area contributed by atoms with E-state index in [-0.39, 0.29) is 18.6 Å². The van der Waals surface area contributed by atoms with Crippen molar-refractivity contribution in [3.05, 3.63) is 71.5 Å². The van der Waals surface area contributed by atoms with Crippen LogP contribution in [0.5, 0.6) is 0 Å². The molecule has 2 aromatic rings. The molecule has 5 atom stereocenters. The van der Waals surface area contributed by atoms with Gasteiger partial charge in [-0.25, -0.2) is 9.18 Å². The zero-order valence-corrected chi connectivity index (χ0v) is 15.4. The summed E-state index contributed by atoms with van der Waals surface area (Å²) in [6.45, 7) is -0.759. The minimum atomic E-state index is -1.32. The smallest absolute Gasteiger partial charge is 0.343 e. The Labute approximate surface area is 166 Å². The van der Waals surface area contributed by atoms with Crippen molar-refractivity contribution >= 4 is 5.97 Å². The molecule has 0 radical (unpaired) electrons. The SMILES string of the molecule is O=C(O[C@H]1O[C@](CO)(CCO)[C@H]2O[C@@H](c3ccccc3)O[C@@H]12)c1ccccc1F. The van der Waals surface area contributed by atoms with E-state index in [4.69, 9.17) is 18.9 Å². The number of ether oxygens (including phenoxy) is 4. The zero-order chi connectivity index (χ0) is 20.4. The third-order valence-corrected chi connectivity index (χ3v) is 5.18. The molecule has 0 spiro atoms. The maximum atomic E-state index is 13.9. The highest BCUT2D eigenvalue weighted by atomic mass is 19.1. The van der Waals surface area contributed by atoms with Crippen molar-refractivity contribution in [1.29, 1.82) is 0 Å². The van der Waals surface area contributed by atoms with Crippen LogP contribution in [0.4, 0.5) is 4.39 Å². The number of rotatable bonds is 6.